The van der Waals surface area contributed by atoms with Gasteiger partial charge in [-0.2, -0.15) is 0 Å². The van der Waals surface area contributed by atoms with E-state index in [-0.39, 0.29) is 6.04 Å². The van der Waals surface area contributed by atoms with E-state index in [4.69, 9.17) is 4.42 Å². The van der Waals surface area contributed by atoms with E-state index in [2.05, 4.69) is 191 Å². The molecule has 3 aromatic heterocycles. The van der Waals surface area contributed by atoms with Crippen molar-refractivity contribution in [2.75, 3.05) is 4.90 Å². The molecule has 0 N–H and O–H groups in total. The van der Waals surface area contributed by atoms with Gasteiger partial charge in [0.1, 0.15) is 11.2 Å². The molecule has 12 rings (SSSR count). The summed E-state index contributed by atoms with van der Waals surface area (Å²) in [6.07, 6.45) is 7.95. The summed E-state index contributed by atoms with van der Waals surface area (Å²) in [5.74, 6) is 0. The fraction of sp³-hybridized carbons (Fsp3) is 0.0385. The SMILES string of the molecule is C1=CC(N(c2ccc3c(c2)oc2ccccc23)c2ccc3c(c2)sc2ccccc23)CC=C1c1ccc(-n2c3ccccc3c3ccc4ccccc4c32)cc1. The van der Waals surface area contributed by atoms with E-state index in [9.17, 15) is 0 Å². The summed E-state index contributed by atoms with van der Waals surface area (Å²) in [4.78, 5) is 2.48. The molecule has 1 aliphatic carbocycles. The quantitative estimate of drug-likeness (QED) is 0.176. The molecule has 0 bridgehead atoms. The highest BCUT2D eigenvalue weighted by atomic mass is 32.1. The third kappa shape index (κ3) is 4.83. The molecule has 56 heavy (non-hydrogen) atoms. The predicted octanol–water partition coefficient (Wildman–Crippen LogP) is 14.8. The van der Waals surface area contributed by atoms with Crippen LogP contribution >= 0.6 is 11.3 Å². The second-order valence-corrected chi connectivity index (χ2v) is 15.9. The van der Waals surface area contributed by atoms with Crippen LogP contribution < -0.4 is 4.90 Å². The van der Waals surface area contributed by atoms with Crippen LogP contribution in [0.3, 0.4) is 0 Å². The van der Waals surface area contributed by atoms with Crippen LogP contribution in [-0.2, 0) is 0 Å². The molecular formula is C52H34N2OS. The standard InChI is InChI=1S/C52H34N2OS/c1-2-10-40-35(9-1)21-28-46-41-11-3-6-14-47(41)54(52(40)46)37-24-19-34(20-25-37)33-17-22-36(23-18-33)53(38-26-29-43-42-12-4-7-15-48(42)55-49(43)31-38)39-27-30-45-44-13-5-8-16-50(44)56-51(45)32-39/h1-22,24-32,36H,23H2. The van der Waals surface area contributed by atoms with Crippen molar-refractivity contribution >= 4 is 103 Å². The highest BCUT2D eigenvalue weighted by Gasteiger charge is 2.23. The maximum atomic E-state index is 6.40. The third-order valence-corrected chi connectivity index (χ3v) is 12.8. The van der Waals surface area contributed by atoms with E-state index >= 15 is 0 Å². The van der Waals surface area contributed by atoms with Gasteiger partial charge >= 0.3 is 0 Å². The van der Waals surface area contributed by atoms with Crippen LogP contribution in [0, 0.1) is 0 Å². The van der Waals surface area contributed by atoms with Crippen LogP contribution in [0.25, 0.3) is 85.9 Å². The van der Waals surface area contributed by atoms with Crippen molar-refractivity contribution in [3.8, 4) is 5.69 Å². The average Bonchev–Trinajstić information content (AvgIpc) is 3.93. The maximum Gasteiger partial charge on any atom is 0.137 e. The van der Waals surface area contributed by atoms with Gasteiger partial charge in [0.05, 0.1) is 17.1 Å². The van der Waals surface area contributed by atoms with E-state index in [0.717, 1.165) is 34.0 Å². The molecule has 0 amide bonds. The summed E-state index contributed by atoms with van der Waals surface area (Å²) in [6, 6.07) is 61.9. The Labute approximate surface area is 327 Å². The minimum atomic E-state index is 0.123. The lowest BCUT2D eigenvalue weighted by Crippen LogP contribution is -2.30. The molecule has 0 saturated heterocycles. The molecule has 0 aliphatic heterocycles. The molecule has 11 aromatic rings. The number of furan rings is 1. The number of para-hydroxylation sites is 2. The van der Waals surface area contributed by atoms with Crippen molar-refractivity contribution in [2.45, 2.75) is 12.5 Å². The van der Waals surface area contributed by atoms with Crippen LogP contribution in [-0.4, -0.2) is 10.6 Å². The minimum absolute atomic E-state index is 0.123. The van der Waals surface area contributed by atoms with Gasteiger partial charge in [-0.05, 0) is 77.5 Å². The molecule has 0 spiro atoms. The first-order valence-corrected chi connectivity index (χ1v) is 20.1. The number of benzene rings is 8. The lowest BCUT2D eigenvalue weighted by molar-refractivity contribution is 0.668. The van der Waals surface area contributed by atoms with Gasteiger partial charge < -0.3 is 13.9 Å². The Morgan fingerprint density at radius 2 is 1.21 bits per heavy atom. The fourth-order valence-electron chi connectivity index (χ4n) is 9.08. The van der Waals surface area contributed by atoms with Gasteiger partial charge in [-0.3, -0.25) is 0 Å². The van der Waals surface area contributed by atoms with E-state index in [1.807, 2.05) is 17.4 Å². The number of aromatic nitrogens is 1. The summed E-state index contributed by atoms with van der Waals surface area (Å²) < 4.78 is 11.4. The molecule has 264 valence electrons. The average molecular weight is 735 g/mol. The Morgan fingerprint density at radius 3 is 2.07 bits per heavy atom. The van der Waals surface area contributed by atoms with Gasteiger partial charge in [-0.1, -0.05) is 127 Å². The maximum absolute atomic E-state index is 6.40. The highest BCUT2D eigenvalue weighted by Crippen LogP contribution is 2.42. The normalized spacial score (nSPS) is 14.6. The van der Waals surface area contributed by atoms with Crippen LogP contribution in [0.1, 0.15) is 12.0 Å². The van der Waals surface area contributed by atoms with Gasteiger partial charge in [0.25, 0.3) is 0 Å². The molecule has 1 unspecified atom stereocenters. The van der Waals surface area contributed by atoms with Gasteiger partial charge in [0.2, 0.25) is 0 Å². The molecule has 1 aliphatic rings. The van der Waals surface area contributed by atoms with Gasteiger partial charge in [-0.15, -0.1) is 11.3 Å². The van der Waals surface area contributed by atoms with Gasteiger partial charge in [0.15, 0.2) is 0 Å². The second kappa shape index (κ2) is 12.3. The van der Waals surface area contributed by atoms with E-state index in [0.29, 0.717) is 0 Å². The lowest BCUT2D eigenvalue weighted by atomic mass is 9.95. The zero-order chi connectivity index (χ0) is 36.7. The first-order chi connectivity index (χ1) is 27.7. The first kappa shape index (κ1) is 31.5. The topological polar surface area (TPSA) is 21.3 Å². The Bertz CT molecular complexity index is 3300. The largest absolute Gasteiger partial charge is 0.456 e. The molecule has 0 saturated carbocycles. The number of anilines is 2. The Kier molecular flexibility index (Phi) is 6.92. The van der Waals surface area contributed by atoms with Crippen molar-refractivity contribution in [3.05, 3.63) is 194 Å². The number of thiophene rings is 1. The number of hydrogen-bond donors (Lipinski definition) is 0. The smallest absolute Gasteiger partial charge is 0.137 e. The lowest BCUT2D eigenvalue weighted by Gasteiger charge is -2.33. The van der Waals surface area contributed by atoms with Crippen molar-refractivity contribution in [3.63, 3.8) is 0 Å². The number of nitrogens with zero attached hydrogens (tertiary/aromatic N) is 2. The Morgan fingerprint density at radius 1 is 0.536 bits per heavy atom. The number of rotatable bonds is 5. The van der Waals surface area contributed by atoms with Crippen molar-refractivity contribution in [1.29, 1.82) is 0 Å². The van der Waals surface area contributed by atoms with E-state index in [1.165, 1.54) is 75.3 Å². The molecule has 3 heterocycles. The summed E-state index contributed by atoms with van der Waals surface area (Å²) in [7, 11) is 0. The molecule has 0 radical (unpaired) electrons. The first-order valence-electron chi connectivity index (χ1n) is 19.3. The third-order valence-electron chi connectivity index (χ3n) is 11.7. The van der Waals surface area contributed by atoms with Crippen molar-refractivity contribution in [1.82, 2.24) is 4.57 Å². The van der Waals surface area contributed by atoms with E-state index < -0.39 is 0 Å². The van der Waals surface area contributed by atoms with Crippen LogP contribution in [0.2, 0.25) is 0 Å². The summed E-state index contributed by atoms with van der Waals surface area (Å²) in [6.45, 7) is 0. The minimum Gasteiger partial charge on any atom is -0.456 e. The fourth-order valence-corrected chi connectivity index (χ4v) is 10.2. The zero-order valence-electron chi connectivity index (χ0n) is 30.4. The second-order valence-electron chi connectivity index (χ2n) is 14.8. The summed E-state index contributed by atoms with van der Waals surface area (Å²) in [5, 5.41) is 9.99. The number of fused-ring (bicyclic) bond motifs is 11. The van der Waals surface area contributed by atoms with Crippen molar-refractivity contribution < 1.29 is 4.42 Å². The van der Waals surface area contributed by atoms with Crippen LogP contribution in [0.15, 0.2) is 193 Å². The number of allylic oxidation sites excluding steroid dienone is 2. The summed E-state index contributed by atoms with van der Waals surface area (Å²) in [5.41, 5.74) is 10.2. The highest BCUT2D eigenvalue weighted by molar-refractivity contribution is 7.25. The van der Waals surface area contributed by atoms with Crippen LogP contribution in [0.4, 0.5) is 11.4 Å². The zero-order valence-corrected chi connectivity index (χ0v) is 31.2. The molecule has 0 fully saturated rings. The molecular weight excluding hydrogens is 701 g/mol. The molecule has 4 heteroatoms. The Hall–Kier alpha value is -6.88. The molecule has 3 nitrogen and oxygen atoms in total. The van der Waals surface area contributed by atoms with Gasteiger partial charge in [-0.25, -0.2) is 0 Å². The Balaban J connectivity index is 0.918. The van der Waals surface area contributed by atoms with Gasteiger partial charge in [0, 0.05) is 70.2 Å². The van der Waals surface area contributed by atoms with Crippen LogP contribution in [0.5, 0.6) is 0 Å². The summed E-state index contributed by atoms with van der Waals surface area (Å²) >= 11 is 1.86. The van der Waals surface area contributed by atoms with Crippen molar-refractivity contribution in [2.24, 2.45) is 0 Å². The predicted molar refractivity (Wildman–Crippen MR) is 239 cm³/mol. The molecule has 8 aromatic carbocycles. The van der Waals surface area contributed by atoms with E-state index in [1.54, 1.807) is 0 Å². The monoisotopic (exact) mass is 734 g/mol. The number of hydrogen-bond acceptors (Lipinski definition) is 3. The molecule has 1 atom stereocenters.